The molecule has 4 rings (SSSR count). The highest BCUT2D eigenvalue weighted by Crippen LogP contribution is 2.44. The maximum absolute atomic E-state index is 7.04. The van der Waals surface area contributed by atoms with Crippen LogP contribution >= 0.6 is 0 Å². The van der Waals surface area contributed by atoms with E-state index in [0.717, 1.165) is 6.04 Å². The highest BCUT2D eigenvalue weighted by Gasteiger charge is 2.47. The normalized spacial score (nSPS) is 20.5. The number of furan rings is 1. The number of imidazole rings is 1. The maximum Gasteiger partial charge on any atom is 0.247 e. The number of nitrogen functional groups attached to an aromatic ring is 1. The van der Waals surface area contributed by atoms with Gasteiger partial charge in [0.25, 0.3) is 0 Å². The van der Waals surface area contributed by atoms with Crippen LogP contribution in [0, 0.1) is 0 Å². The van der Waals surface area contributed by atoms with Gasteiger partial charge in [-0.2, -0.15) is 9.97 Å². The molecule has 3 aromatic rings. The number of nitrogens with two attached hydrogens (primary N) is 1. The van der Waals surface area contributed by atoms with E-state index in [2.05, 4.69) is 97.3 Å². The Bertz CT molecular complexity index is 1420. The molecule has 0 bridgehead atoms. The molecule has 2 N–H and O–H groups in total. The van der Waals surface area contributed by atoms with E-state index < -0.39 is 30.9 Å². The lowest BCUT2D eigenvalue weighted by Crippen LogP contribution is -2.48. The second-order valence-electron chi connectivity index (χ2n) is 16.4. The van der Waals surface area contributed by atoms with Crippen molar-refractivity contribution in [1.82, 2.24) is 19.5 Å². The molecule has 10 nitrogen and oxygen atoms in total. The Kier molecular flexibility index (Phi) is 9.73. The minimum Gasteiger partial charge on any atom is -0.476 e. The molecule has 0 aromatic carbocycles. The summed E-state index contributed by atoms with van der Waals surface area (Å²) in [6.07, 6.45) is 1.37. The van der Waals surface area contributed by atoms with Crippen molar-refractivity contribution in [2.24, 2.45) is 0 Å². The van der Waals surface area contributed by atoms with Crippen molar-refractivity contribution in [2.75, 3.05) is 18.9 Å². The first-order valence-electron chi connectivity index (χ1n) is 15.8. The van der Waals surface area contributed by atoms with Crippen molar-refractivity contribution < 1.29 is 22.7 Å². The zero-order valence-electron chi connectivity index (χ0n) is 29.2. The fraction of sp³-hybridized carbons (Fsp3) is 0.710. The Morgan fingerprint density at radius 2 is 1.61 bits per heavy atom. The van der Waals surface area contributed by atoms with Crippen LogP contribution in [0.2, 0.25) is 61.9 Å². The summed E-state index contributed by atoms with van der Waals surface area (Å²) >= 11 is 0. The number of nitrogens with zero attached hydrogens (tertiary/aromatic N) is 4. The number of aromatic nitrogens is 4. The predicted molar refractivity (Wildman–Crippen MR) is 185 cm³/mol. The van der Waals surface area contributed by atoms with Crippen LogP contribution in [-0.4, -0.2) is 69.6 Å². The predicted octanol–water partition coefficient (Wildman–Crippen LogP) is 8.09. The topological polar surface area (TPSA) is 120 Å². The Labute approximate surface area is 266 Å². The smallest absolute Gasteiger partial charge is 0.247 e. The standard InChI is InChI=1S/C31H55N5O5Si3/c1-30(2,3)43(10,11)39-20-23-22(41-44(12,13)31(4,5)6)19-24(40-23)36-26(21-15-14-16-37-21)33-25-27(36)34-29(32)35-28(25)38-17-18-42(7,8)9/h14-16,22-24H,17-20H2,1-13H3,(H2,32,34,35)/t22-,23+,24+/m0/s1. The summed E-state index contributed by atoms with van der Waals surface area (Å²) in [7, 11) is -5.50. The van der Waals surface area contributed by atoms with Crippen LogP contribution in [0.15, 0.2) is 22.8 Å². The average Bonchev–Trinajstić information content (AvgIpc) is 3.59. The number of hydrogen-bond acceptors (Lipinski definition) is 9. The van der Waals surface area contributed by atoms with Crippen LogP contribution in [0.4, 0.5) is 5.95 Å². The van der Waals surface area contributed by atoms with Gasteiger partial charge in [0.15, 0.2) is 39.4 Å². The Hall–Kier alpha value is -2.04. The molecular weight excluding hydrogens is 607 g/mol. The van der Waals surface area contributed by atoms with Gasteiger partial charge in [0.05, 0.1) is 25.6 Å². The quantitative estimate of drug-likeness (QED) is 0.203. The summed E-state index contributed by atoms with van der Waals surface area (Å²) in [4.78, 5) is 14.1. The second kappa shape index (κ2) is 12.3. The molecule has 246 valence electrons. The Balaban J connectivity index is 1.77. The first-order valence-corrected chi connectivity index (χ1v) is 25.3. The molecule has 1 aliphatic heterocycles. The summed E-state index contributed by atoms with van der Waals surface area (Å²) in [5, 5.41) is 0.120. The van der Waals surface area contributed by atoms with E-state index in [0.29, 0.717) is 48.3 Å². The Morgan fingerprint density at radius 1 is 0.955 bits per heavy atom. The molecule has 1 fully saturated rings. The molecule has 0 radical (unpaired) electrons. The maximum atomic E-state index is 7.04. The van der Waals surface area contributed by atoms with E-state index in [-0.39, 0.29) is 28.2 Å². The van der Waals surface area contributed by atoms with Crippen LogP contribution in [-0.2, 0) is 13.6 Å². The van der Waals surface area contributed by atoms with Gasteiger partial charge in [-0.3, -0.25) is 4.57 Å². The first kappa shape index (κ1) is 34.8. The van der Waals surface area contributed by atoms with Gasteiger partial charge in [0, 0.05) is 14.5 Å². The molecule has 0 aliphatic carbocycles. The highest BCUT2D eigenvalue weighted by molar-refractivity contribution is 6.76. The van der Waals surface area contributed by atoms with Crippen LogP contribution < -0.4 is 10.5 Å². The van der Waals surface area contributed by atoms with Crippen molar-refractivity contribution in [3.05, 3.63) is 18.4 Å². The molecule has 3 atom stereocenters. The van der Waals surface area contributed by atoms with E-state index in [4.69, 9.17) is 33.5 Å². The fourth-order valence-corrected chi connectivity index (χ4v) is 7.65. The van der Waals surface area contributed by atoms with Crippen molar-refractivity contribution in [3.63, 3.8) is 0 Å². The first-order chi connectivity index (χ1) is 20.1. The molecule has 0 amide bonds. The largest absolute Gasteiger partial charge is 0.476 e. The lowest BCUT2D eigenvalue weighted by molar-refractivity contribution is -0.0378. The van der Waals surface area contributed by atoms with Crippen LogP contribution in [0.5, 0.6) is 5.88 Å². The van der Waals surface area contributed by atoms with Gasteiger partial charge in [-0.05, 0) is 54.4 Å². The average molecular weight is 662 g/mol. The zero-order chi connectivity index (χ0) is 32.9. The second-order valence-corrected chi connectivity index (χ2v) is 31.5. The van der Waals surface area contributed by atoms with E-state index in [1.807, 2.05) is 16.7 Å². The molecule has 0 spiro atoms. The van der Waals surface area contributed by atoms with Crippen LogP contribution in [0.3, 0.4) is 0 Å². The van der Waals surface area contributed by atoms with Crippen molar-refractivity contribution in [3.8, 4) is 17.5 Å². The molecule has 0 unspecified atom stereocenters. The molecule has 0 saturated carbocycles. The molecule has 1 aliphatic rings. The third kappa shape index (κ3) is 7.66. The third-order valence-corrected chi connectivity index (χ3v) is 20.2. The van der Waals surface area contributed by atoms with Crippen molar-refractivity contribution in [2.45, 2.75) is 128 Å². The minimum atomic E-state index is -2.14. The van der Waals surface area contributed by atoms with Gasteiger partial charge >= 0.3 is 0 Å². The molecule has 4 heterocycles. The van der Waals surface area contributed by atoms with Gasteiger partial charge in [0.1, 0.15) is 12.3 Å². The summed E-state index contributed by atoms with van der Waals surface area (Å²) in [6, 6.07) is 4.72. The number of rotatable bonds is 11. The SMILES string of the molecule is CC(C)(C)[Si](C)(C)OC[C@H]1O[C@@H](n2c(-c3ccco3)nc3c(OCC[Si](C)(C)C)nc(N)nc32)C[C@@H]1O[Si](C)(C)C(C)(C)C. The van der Waals surface area contributed by atoms with E-state index >= 15 is 0 Å². The molecule has 13 heteroatoms. The molecule has 44 heavy (non-hydrogen) atoms. The van der Waals surface area contributed by atoms with Gasteiger partial charge < -0.3 is 28.5 Å². The third-order valence-electron chi connectivity index (χ3n) is 9.49. The lowest BCUT2D eigenvalue weighted by atomic mass is 10.2. The number of fused-ring (bicyclic) bond motifs is 1. The van der Waals surface area contributed by atoms with Crippen LogP contribution in [0.25, 0.3) is 22.7 Å². The van der Waals surface area contributed by atoms with E-state index in [9.17, 15) is 0 Å². The van der Waals surface area contributed by atoms with Gasteiger partial charge in [-0.15, -0.1) is 0 Å². The van der Waals surface area contributed by atoms with E-state index in [1.54, 1.807) is 6.26 Å². The van der Waals surface area contributed by atoms with Crippen LogP contribution in [0.1, 0.15) is 54.2 Å². The van der Waals surface area contributed by atoms with Crippen molar-refractivity contribution in [1.29, 1.82) is 0 Å². The van der Waals surface area contributed by atoms with Crippen molar-refractivity contribution >= 4 is 41.8 Å². The molecule has 3 aromatic heterocycles. The Morgan fingerprint density at radius 3 is 2.18 bits per heavy atom. The highest BCUT2D eigenvalue weighted by atomic mass is 28.4. The summed E-state index contributed by atoms with van der Waals surface area (Å²) in [5.41, 5.74) is 7.35. The number of hydrogen-bond donors (Lipinski definition) is 1. The van der Waals surface area contributed by atoms with Gasteiger partial charge in [-0.25, -0.2) is 4.98 Å². The summed E-state index contributed by atoms with van der Waals surface area (Å²) < 4.78 is 34.7. The monoisotopic (exact) mass is 661 g/mol. The molecule has 1 saturated heterocycles. The minimum absolute atomic E-state index is 0.0424. The summed E-state index contributed by atoms with van der Waals surface area (Å²) in [5.74, 6) is 1.68. The number of anilines is 1. The summed E-state index contributed by atoms with van der Waals surface area (Å²) in [6.45, 7) is 30.6. The zero-order valence-corrected chi connectivity index (χ0v) is 32.2. The van der Waals surface area contributed by atoms with E-state index in [1.165, 1.54) is 0 Å². The van der Waals surface area contributed by atoms with Gasteiger partial charge in [0.2, 0.25) is 11.8 Å². The number of ether oxygens (including phenoxy) is 2. The fourth-order valence-electron chi connectivity index (χ4n) is 4.57. The lowest BCUT2D eigenvalue weighted by Gasteiger charge is -2.40. The molecular formula is C31H55N5O5Si3. The van der Waals surface area contributed by atoms with Gasteiger partial charge in [-0.1, -0.05) is 61.2 Å².